The van der Waals surface area contributed by atoms with Gasteiger partial charge in [0.05, 0.1) is 6.20 Å². The molecule has 0 unspecified atom stereocenters. The highest BCUT2D eigenvalue weighted by Crippen LogP contribution is 2.20. The molecule has 8 heteroatoms. The number of carbonyl (C=O) groups excluding carboxylic acids is 1. The summed E-state index contributed by atoms with van der Waals surface area (Å²) in [6.07, 6.45) is 4.16. The highest BCUT2D eigenvalue weighted by Gasteiger charge is 2.21. The number of hydrogen-bond donors (Lipinski definition) is 1. The number of amides is 1. The molecule has 1 saturated heterocycles. The molecule has 1 aliphatic rings. The highest BCUT2D eigenvalue weighted by atomic mass is 16.2. The molecule has 136 valence electrons. The van der Waals surface area contributed by atoms with Crippen molar-refractivity contribution in [1.29, 1.82) is 0 Å². The summed E-state index contributed by atoms with van der Waals surface area (Å²) in [6.45, 7) is 8.13. The van der Waals surface area contributed by atoms with Gasteiger partial charge in [-0.05, 0) is 18.3 Å². The van der Waals surface area contributed by atoms with E-state index >= 15 is 0 Å². The molecule has 25 heavy (non-hydrogen) atoms. The van der Waals surface area contributed by atoms with Gasteiger partial charge in [-0.1, -0.05) is 13.8 Å². The number of aromatic nitrogens is 4. The summed E-state index contributed by atoms with van der Waals surface area (Å²) in [5.74, 6) is 1.23. The van der Waals surface area contributed by atoms with E-state index in [2.05, 4.69) is 34.1 Å². The zero-order valence-corrected chi connectivity index (χ0v) is 15.1. The first kappa shape index (κ1) is 17.6. The third-order valence-corrected chi connectivity index (χ3v) is 4.73. The van der Waals surface area contributed by atoms with Gasteiger partial charge in [0.25, 0.3) is 5.56 Å². The van der Waals surface area contributed by atoms with Gasteiger partial charge in [0.2, 0.25) is 5.91 Å². The van der Waals surface area contributed by atoms with E-state index < -0.39 is 0 Å². The van der Waals surface area contributed by atoms with E-state index in [1.807, 2.05) is 0 Å². The third-order valence-electron chi connectivity index (χ3n) is 4.73. The first-order chi connectivity index (χ1) is 11.9. The van der Waals surface area contributed by atoms with Crippen molar-refractivity contribution in [2.24, 2.45) is 18.9 Å². The largest absolute Gasteiger partial charge is 0.353 e. The van der Waals surface area contributed by atoms with Crippen LogP contribution in [0.1, 0.15) is 20.3 Å². The Kier molecular flexibility index (Phi) is 5.17. The molecule has 1 fully saturated rings. The van der Waals surface area contributed by atoms with Gasteiger partial charge >= 0.3 is 0 Å². The summed E-state index contributed by atoms with van der Waals surface area (Å²) in [5, 5.41) is 7.35. The Labute approximate surface area is 146 Å². The van der Waals surface area contributed by atoms with E-state index in [-0.39, 0.29) is 18.0 Å². The van der Waals surface area contributed by atoms with Crippen LogP contribution in [-0.2, 0) is 18.4 Å². The molecule has 2 aromatic rings. The summed E-state index contributed by atoms with van der Waals surface area (Å²) in [5.41, 5.74) is 0.280. The van der Waals surface area contributed by atoms with E-state index in [1.54, 1.807) is 11.7 Å². The number of rotatable bonds is 5. The number of nitrogens with zero attached hydrogens (tertiary/aromatic N) is 5. The molecule has 2 aromatic heterocycles. The molecule has 0 spiro atoms. The molecule has 0 radical (unpaired) electrons. The van der Waals surface area contributed by atoms with Gasteiger partial charge in [0.15, 0.2) is 5.65 Å². The molecule has 8 nitrogen and oxygen atoms in total. The van der Waals surface area contributed by atoms with Crippen LogP contribution in [-0.4, -0.2) is 56.3 Å². The zero-order chi connectivity index (χ0) is 18.0. The van der Waals surface area contributed by atoms with Gasteiger partial charge < -0.3 is 10.2 Å². The number of hydrogen-bond acceptors (Lipinski definition) is 5. The zero-order valence-electron chi connectivity index (χ0n) is 15.1. The number of carbonyl (C=O) groups is 1. The van der Waals surface area contributed by atoms with E-state index in [0.29, 0.717) is 29.4 Å². The van der Waals surface area contributed by atoms with Crippen molar-refractivity contribution >= 4 is 16.9 Å². The highest BCUT2D eigenvalue weighted by molar-refractivity contribution is 5.77. The van der Waals surface area contributed by atoms with Crippen molar-refractivity contribution in [2.75, 3.05) is 26.2 Å². The second-order valence-electron chi connectivity index (χ2n) is 7.24. The van der Waals surface area contributed by atoms with Crippen molar-refractivity contribution in [3.8, 4) is 0 Å². The Hall–Kier alpha value is -2.22. The number of piperidine rings is 1. The van der Waals surface area contributed by atoms with Crippen LogP contribution in [0.25, 0.3) is 11.0 Å². The van der Waals surface area contributed by atoms with Gasteiger partial charge in [-0.15, -0.1) is 0 Å². The van der Waals surface area contributed by atoms with E-state index in [4.69, 9.17) is 0 Å². The van der Waals surface area contributed by atoms with Crippen molar-refractivity contribution in [1.82, 2.24) is 29.5 Å². The van der Waals surface area contributed by atoms with Crippen LogP contribution in [0.4, 0.5) is 0 Å². The summed E-state index contributed by atoms with van der Waals surface area (Å²) in [7, 11) is 1.73. The summed E-state index contributed by atoms with van der Waals surface area (Å²) >= 11 is 0. The molecule has 0 aromatic carbocycles. The molecule has 0 bridgehead atoms. The lowest BCUT2D eigenvalue weighted by Crippen LogP contribution is -2.43. The second-order valence-corrected chi connectivity index (χ2v) is 7.24. The van der Waals surface area contributed by atoms with Crippen molar-refractivity contribution in [3.63, 3.8) is 0 Å². The van der Waals surface area contributed by atoms with Gasteiger partial charge in [-0.2, -0.15) is 5.10 Å². The Morgan fingerprint density at radius 1 is 1.32 bits per heavy atom. The first-order valence-corrected chi connectivity index (χ1v) is 8.80. The van der Waals surface area contributed by atoms with Crippen LogP contribution in [0.5, 0.6) is 0 Å². The van der Waals surface area contributed by atoms with Crippen molar-refractivity contribution in [3.05, 3.63) is 22.9 Å². The lowest BCUT2D eigenvalue weighted by atomic mass is 9.92. The molecule has 0 saturated carbocycles. The average molecular weight is 346 g/mol. The van der Waals surface area contributed by atoms with Crippen LogP contribution in [0.3, 0.4) is 0 Å². The Bertz CT molecular complexity index is 801. The topological polar surface area (TPSA) is 85.1 Å². The fraction of sp³-hybridized carbons (Fsp3) is 0.647. The maximum Gasteiger partial charge on any atom is 0.264 e. The molecule has 2 atom stereocenters. The molecule has 3 heterocycles. The van der Waals surface area contributed by atoms with Gasteiger partial charge in [0, 0.05) is 33.2 Å². The van der Waals surface area contributed by atoms with Gasteiger partial charge in [0.1, 0.15) is 18.3 Å². The number of nitrogens with one attached hydrogen (secondary N) is 1. The number of aryl methyl sites for hydroxylation is 1. The standard InChI is InChI=1S/C17H26N6O2/c1-12-6-13(2)9-22(8-12)5-4-18-15(24)10-23-11-19-16-14(17(23)25)7-20-21(16)3/h7,11-13H,4-6,8-10H2,1-3H3,(H,18,24)/t12-,13+. The molecular formula is C17H26N6O2. The predicted molar refractivity (Wildman–Crippen MR) is 95.2 cm³/mol. The number of fused-ring (bicyclic) bond motifs is 1. The quantitative estimate of drug-likeness (QED) is 0.837. The summed E-state index contributed by atoms with van der Waals surface area (Å²) < 4.78 is 2.87. The Morgan fingerprint density at radius 3 is 2.76 bits per heavy atom. The summed E-state index contributed by atoms with van der Waals surface area (Å²) in [6, 6.07) is 0. The van der Waals surface area contributed by atoms with Crippen LogP contribution in [0, 0.1) is 11.8 Å². The maximum absolute atomic E-state index is 12.4. The minimum Gasteiger partial charge on any atom is -0.353 e. The lowest BCUT2D eigenvalue weighted by Gasteiger charge is -2.34. The van der Waals surface area contributed by atoms with Crippen LogP contribution >= 0.6 is 0 Å². The van der Waals surface area contributed by atoms with Crippen molar-refractivity contribution < 1.29 is 4.79 Å². The lowest BCUT2D eigenvalue weighted by molar-refractivity contribution is -0.121. The number of likely N-dealkylation sites (tertiary alicyclic amines) is 1. The minimum absolute atomic E-state index is 0.0243. The van der Waals surface area contributed by atoms with Crippen LogP contribution in [0.2, 0.25) is 0 Å². The van der Waals surface area contributed by atoms with E-state index in [0.717, 1.165) is 19.6 Å². The second kappa shape index (κ2) is 7.35. The molecule has 1 N–H and O–H groups in total. The minimum atomic E-state index is -0.244. The van der Waals surface area contributed by atoms with Gasteiger partial charge in [-0.25, -0.2) is 4.98 Å². The first-order valence-electron chi connectivity index (χ1n) is 8.80. The monoisotopic (exact) mass is 346 g/mol. The van der Waals surface area contributed by atoms with Crippen molar-refractivity contribution in [2.45, 2.75) is 26.8 Å². The van der Waals surface area contributed by atoms with Crippen LogP contribution < -0.4 is 10.9 Å². The molecule has 0 aliphatic carbocycles. The van der Waals surface area contributed by atoms with Crippen LogP contribution in [0.15, 0.2) is 17.3 Å². The fourth-order valence-corrected chi connectivity index (χ4v) is 3.72. The molecular weight excluding hydrogens is 320 g/mol. The van der Waals surface area contributed by atoms with E-state index in [9.17, 15) is 9.59 Å². The van der Waals surface area contributed by atoms with E-state index in [1.165, 1.54) is 23.5 Å². The average Bonchev–Trinajstić information content (AvgIpc) is 2.91. The normalized spacial score (nSPS) is 21.6. The summed E-state index contributed by atoms with van der Waals surface area (Å²) in [4.78, 5) is 31.1. The predicted octanol–water partition coefficient (Wildman–Crippen LogP) is 0.224. The molecule has 1 aliphatic heterocycles. The SMILES string of the molecule is C[C@@H]1C[C@H](C)CN(CCNC(=O)Cn2cnc3c(cnn3C)c2=O)C1. The fourth-order valence-electron chi connectivity index (χ4n) is 3.72. The Morgan fingerprint density at radius 2 is 2.04 bits per heavy atom. The van der Waals surface area contributed by atoms with Gasteiger partial charge in [-0.3, -0.25) is 18.8 Å². The third kappa shape index (κ3) is 4.07. The smallest absolute Gasteiger partial charge is 0.264 e. The Balaban J connectivity index is 1.53. The molecule has 3 rings (SSSR count). The maximum atomic E-state index is 12.4. The molecule has 1 amide bonds.